The predicted octanol–water partition coefficient (Wildman–Crippen LogP) is 4.94. The molecule has 0 radical (unpaired) electrons. The number of rotatable bonds is 4. The summed E-state index contributed by atoms with van der Waals surface area (Å²) < 4.78 is 7.64. The van der Waals surface area contributed by atoms with Crippen LogP contribution in [0.3, 0.4) is 0 Å². The molecule has 3 aromatic heterocycles. The molecule has 4 aromatic rings. The van der Waals surface area contributed by atoms with E-state index in [0.29, 0.717) is 38.3 Å². The van der Waals surface area contributed by atoms with Crippen LogP contribution in [0.25, 0.3) is 10.9 Å². The second-order valence-electron chi connectivity index (χ2n) is 12.1. The number of nitriles is 1. The van der Waals surface area contributed by atoms with Crippen LogP contribution in [0.1, 0.15) is 54.4 Å². The summed E-state index contributed by atoms with van der Waals surface area (Å²) in [6, 6.07) is 12.2. The highest BCUT2D eigenvalue weighted by Crippen LogP contribution is 2.35. The number of aromatic nitrogens is 4. The van der Waals surface area contributed by atoms with Crippen LogP contribution in [-0.2, 0) is 24.4 Å². The van der Waals surface area contributed by atoms with Crippen LogP contribution >= 0.6 is 0 Å². The molecule has 1 fully saturated rings. The number of hydrogen-bond donors (Lipinski definition) is 0. The fraction of sp³-hybridized carbons (Fsp3) is 0.406. The molecule has 10 nitrogen and oxygen atoms in total. The third-order valence-corrected chi connectivity index (χ3v) is 8.05. The second-order valence-corrected chi connectivity index (χ2v) is 12.1. The minimum Gasteiger partial charge on any atom is -0.444 e. The maximum Gasteiger partial charge on any atom is 0.410 e. The van der Waals surface area contributed by atoms with Gasteiger partial charge in [0.1, 0.15) is 17.5 Å². The number of carbonyl (C=O) groups is 1. The Bertz CT molecular complexity index is 1710. The molecule has 10 heteroatoms. The van der Waals surface area contributed by atoms with E-state index in [9.17, 15) is 10.1 Å². The largest absolute Gasteiger partial charge is 0.444 e. The quantitative estimate of drug-likeness (QED) is 0.343. The SMILES string of the molecule is Cc1cc(N2CCN(C(=O)OC(C)(C)C)CC2)ncc1Cn1nc(C)c2c1CN(c1ccc(C#N)c3ncccc13)C2. The molecule has 6 rings (SSSR count). The topological polar surface area (TPSA) is 103 Å². The highest BCUT2D eigenvalue weighted by molar-refractivity contribution is 5.95. The lowest BCUT2D eigenvalue weighted by molar-refractivity contribution is 0.0240. The van der Waals surface area contributed by atoms with E-state index >= 15 is 0 Å². The first-order chi connectivity index (χ1) is 20.1. The van der Waals surface area contributed by atoms with Crippen molar-refractivity contribution in [2.24, 2.45) is 0 Å². The molecule has 5 heterocycles. The molecule has 0 bridgehead atoms. The maximum atomic E-state index is 12.4. The number of aryl methyl sites for hydroxylation is 2. The van der Waals surface area contributed by atoms with E-state index in [0.717, 1.165) is 52.3 Å². The molecule has 0 saturated carbocycles. The summed E-state index contributed by atoms with van der Waals surface area (Å²) in [5.74, 6) is 0.925. The normalized spacial score (nSPS) is 15.2. The summed E-state index contributed by atoms with van der Waals surface area (Å²) in [6.07, 6.45) is 3.44. The minimum absolute atomic E-state index is 0.258. The molecule has 42 heavy (non-hydrogen) atoms. The van der Waals surface area contributed by atoms with Gasteiger partial charge in [-0.15, -0.1) is 0 Å². The molecule has 0 atom stereocenters. The molecule has 216 valence electrons. The van der Waals surface area contributed by atoms with Crippen molar-refractivity contribution in [1.29, 1.82) is 5.26 Å². The highest BCUT2D eigenvalue weighted by atomic mass is 16.6. The van der Waals surface area contributed by atoms with Crippen molar-refractivity contribution in [3.8, 4) is 6.07 Å². The Morgan fingerprint density at radius 2 is 1.83 bits per heavy atom. The van der Waals surface area contributed by atoms with Crippen LogP contribution in [0.15, 0.2) is 42.7 Å². The van der Waals surface area contributed by atoms with Gasteiger partial charge in [-0.25, -0.2) is 9.78 Å². The van der Waals surface area contributed by atoms with Crippen LogP contribution in [0.4, 0.5) is 16.3 Å². The van der Waals surface area contributed by atoms with Crippen LogP contribution in [0, 0.1) is 25.2 Å². The summed E-state index contributed by atoms with van der Waals surface area (Å²) in [7, 11) is 0. The van der Waals surface area contributed by atoms with E-state index in [2.05, 4.69) is 45.4 Å². The number of fused-ring (bicyclic) bond motifs is 2. The average Bonchev–Trinajstić information content (AvgIpc) is 3.53. The van der Waals surface area contributed by atoms with Crippen molar-refractivity contribution >= 4 is 28.5 Å². The number of benzene rings is 1. The van der Waals surface area contributed by atoms with Gasteiger partial charge in [-0.05, 0) is 76.1 Å². The van der Waals surface area contributed by atoms with E-state index in [4.69, 9.17) is 14.8 Å². The van der Waals surface area contributed by atoms with Crippen LogP contribution in [0.2, 0.25) is 0 Å². The Morgan fingerprint density at radius 1 is 1.05 bits per heavy atom. The van der Waals surface area contributed by atoms with Crippen LogP contribution in [-0.4, -0.2) is 62.5 Å². The molecule has 1 aromatic carbocycles. The van der Waals surface area contributed by atoms with Gasteiger partial charge in [-0.1, -0.05) is 0 Å². The summed E-state index contributed by atoms with van der Waals surface area (Å²) in [5, 5.41) is 15.4. The van der Waals surface area contributed by atoms with Gasteiger partial charge in [-0.3, -0.25) is 9.67 Å². The zero-order valence-electron chi connectivity index (χ0n) is 24.9. The van der Waals surface area contributed by atoms with Gasteiger partial charge in [0.15, 0.2) is 0 Å². The molecule has 2 aliphatic heterocycles. The Morgan fingerprint density at radius 3 is 2.55 bits per heavy atom. The number of amides is 1. The number of ether oxygens (including phenoxy) is 1. The number of nitrogens with zero attached hydrogens (tertiary/aromatic N) is 8. The number of carbonyl (C=O) groups excluding carboxylic acids is 1. The fourth-order valence-electron chi connectivity index (χ4n) is 5.82. The van der Waals surface area contributed by atoms with Gasteiger partial charge >= 0.3 is 6.09 Å². The molecule has 0 unspecified atom stereocenters. The second kappa shape index (κ2) is 10.6. The third kappa shape index (κ3) is 5.22. The number of piperazine rings is 1. The van der Waals surface area contributed by atoms with Crippen molar-refractivity contribution in [1.82, 2.24) is 24.6 Å². The molecule has 1 saturated heterocycles. The zero-order chi connectivity index (χ0) is 29.6. The molecular formula is C32H36N8O2. The van der Waals surface area contributed by atoms with Crippen molar-refractivity contribution in [3.05, 3.63) is 76.4 Å². The Labute approximate surface area is 246 Å². The van der Waals surface area contributed by atoms with Gasteiger partial charge in [0.05, 0.1) is 35.6 Å². The summed E-state index contributed by atoms with van der Waals surface area (Å²) in [5.41, 5.74) is 7.69. The van der Waals surface area contributed by atoms with Crippen molar-refractivity contribution in [2.75, 3.05) is 36.0 Å². The number of hydrogen-bond acceptors (Lipinski definition) is 8. The van der Waals surface area contributed by atoms with E-state index in [-0.39, 0.29) is 6.09 Å². The highest BCUT2D eigenvalue weighted by Gasteiger charge is 2.29. The van der Waals surface area contributed by atoms with E-state index in [1.54, 1.807) is 11.1 Å². The van der Waals surface area contributed by atoms with Crippen LogP contribution in [0.5, 0.6) is 0 Å². The lowest BCUT2D eigenvalue weighted by Crippen LogP contribution is -2.50. The van der Waals surface area contributed by atoms with Gasteiger partial charge in [0.2, 0.25) is 0 Å². The Balaban J connectivity index is 1.16. The van der Waals surface area contributed by atoms with E-state index in [1.165, 1.54) is 11.3 Å². The maximum absolute atomic E-state index is 12.4. The predicted molar refractivity (Wildman–Crippen MR) is 161 cm³/mol. The van der Waals surface area contributed by atoms with Gasteiger partial charge in [-0.2, -0.15) is 10.4 Å². The minimum atomic E-state index is -0.496. The lowest BCUT2D eigenvalue weighted by Gasteiger charge is -2.36. The van der Waals surface area contributed by atoms with Gasteiger partial charge in [0.25, 0.3) is 0 Å². The van der Waals surface area contributed by atoms with Crippen LogP contribution < -0.4 is 9.80 Å². The summed E-state index contributed by atoms with van der Waals surface area (Å²) in [4.78, 5) is 28.1. The summed E-state index contributed by atoms with van der Waals surface area (Å²) in [6.45, 7) is 14.6. The first kappa shape index (κ1) is 27.5. The molecule has 0 spiro atoms. The molecule has 0 aliphatic carbocycles. The molecule has 1 amide bonds. The van der Waals surface area contributed by atoms with Gasteiger partial charge < -0.3 is 19.4 Å². The summed E-state index contributed by atoms with van der Waals surface area (Å²) >= 11 is 0. The number of anilines is 2. The van der Waals surface area contributed by atoms with Crippen molar-refractivity contribution in [3.63, 3.8) is 0 Å². The lowest BCUT2D eigenvalue weighted by atomic mass is 10.1. The molecule has 2 aliphatic rings. The van der Waals surface area contributed by atoms with E-state index in [1.807, 2.05) is 51.2 Å². The molecule has 0 N–H and O–H groups in total. The standard InChI is InChI=1S/C32H36N8O2/c1-21-15-29(37-11-13-38(14-12-37)31(41)42-32(3,4)5)35-17-24(21)18-40-28-20-39(19-26(28)22(2)36-40)27-9-8-23(16-33)30-25(27)7-6-10-34-30/h6-10,15,17H,11-14,18-20H2,1-5H3. The Kier molecular flexibility index (Phi) is 6.97. The smallest absolute Gasteiger partial charge is 0.410 e. The van der Waals surface area contributed by atoms with Gasteiger partial charge in [0, 0.05) is 61.8 Å². The zero-order valence-corrected chi connectivity index (χ0v) is 24.9. The monoisotopic (exact) mass is 564 g/mol. The van der Waals surface area contributed by atoms with Crippen molar-refractivity contribution in [2.45, 2.75) is 59.9 Å². The average molecular weight is 565 g/mol. The Hall–Kier alpha value is -4.65. The fourth-order valence-corrected chi connectivity index (χ4v) is 5.82. The number of pyridine rings is 2. The first-order valence-corrected chi connectivity index (χ1v) is 14.4. The third-order valence-electron chi connectivity index (χ3n) is 8.05. The first-order valence-electron chi connectivity index (χ1n) is 14.4. The molecular weight excluding hydrogens is 528 g/mol. The van der Waals surface area contributed by atoms with Crippen molar-refractivity contribution < 1.29 is 9.53 Å². The van der Waals surface area contributed by atoms with E-state index < -0.39 is 5.60 Å².